The first kappa shape index (κ1) is 26.7. The van der Waals surface area contributed by atoms with Gasteiger partial charge >= 0.3 is 0 Å². The minimum atomic E-state index is -0.0798. The molecule has 0 fully saturated rings. The number of nitrogens with one attached hydrogen (secondary N) is 2. The van der Waals surface area contributed by atoms with Crippen LogP contribution in [0.1, 0.15) is 45.3 Å². The van der Waals surface area contributed by atoms with E-state index in [0.717, 1.165) is 34.5 Å². The van der Waals surface area contributed by atoms with E-state index in [2.05, 4.69) is 41.7 Å². The summed E-state index contributed by atoms with van der Waals surface area (Å²) in [6, 6.07) is 38.6. The zero-order valence-electron chi connectivity index (χ0n) is 23.9. The summed E-state index contributed by atoms with van der Waals surface area (Å²) < 4.78 is 18.8. The van der Waals surface area contributed by atoms with Gasteiger partial charge in [-0.3, -0.25) is 5.41 Å². The molecule has 0 saturated carbocycles. The Hall–Kier alpha value is -5.23. The van der Waals surface area contributed by atoms with Gasteiger partial charge in [-0.2, -0.15) is 0 Å². The molecule has 1 heterocycles. The lowest BCUT2D eigenvalue weighted by molar-refractivity contribution is 0.282. The molecule has 7 rings (SSSR count). The van der Waals surface area contributed by atoms with Crippen molar-refractivity contribution in [3.63, 3.8) is 0 Å². The molecule has 0 amide bonds. The van der Waals surface area contributed by atoms with Crippen molar-refractivity contribution < 1.29 is 14.2 Å². The lowest BCUT2D eigenvalue weighted by Gasteiger charge is -2.39. The number of para-hydroxylation sites is 1. The van der Waals surface area contributed by atoms with Crippen LogP contribution in [0.2, 0.25) is 0 Å². The molecule has 214 valence electrons. The Kier molecular flexibility index (Phi) is 6.95. The maximum absolute atomic E-state index is 8.06. The number of ether oxygens (including phenoxy) is 3. The molecule has 1 aliphatic heterocycles. The number of amidine groups is 1. The Morgan fingerprint density at radius 2 is 1.53 bits per heavy atom. The van der Waals surface area contributed by atoms with Crippen LogP contribution in [0.3, 0.4) is 0 Å². The lowest BCUT2D eigenvalue weighted by atomic mass is 9.75. The maximum Gasteiger partial charge on any atom is 0.165 e. The van der Waals surface area contributed by atoms with Crippen molar-refractivity contribution in [3.8, 4) is 23.0 Å². The molecule has 0 radical (unpaired) electrons. The van der Waals surface area contributed by atoms with Crippen molar-refractivity contribution in [2.24, 2.45) is 11.7 Å². The topological polar surface area (TPSA) is 89.6 Å². The molecule has 6 nitrogen and oxygen atoms in total. The van der Waals surface area contributed by atoms with Gasteiger partial charge in [-0.05, 0) is 71.0 Å². The van der Waals surface area contributed by atoms with Crippen LogP contribution < -0.4 is 25.3 Å². The van der Waals surface area contributed by atoms with Crippen molar-refractivity contribution >= 4 is 11.5 Å². The predicted molar refractivity (Wildman–Crippen MR) is 170 cm³/mol. The van der Waals surface area contributed by atoms with Gasteiger partial charge in [0.15, 0.2) is 11.5 Å². The number of rotatable bonds is 8. The summed E-state index contributed by atoms with van der Waals surface area (Å²) in [5.41, 5.74) is 13.6. The van der Waals surface area contributed by atoms with E-state index in [-0.39, 0.29) is 23.7 Å². The average Bonchev–Trinajstić information content (AvgIpc) is 3.44. The number of nitrogen functional groups attached to an aromatic ring is 1. The quantitative estimate of drug-likeness (QED) is 0.131. The van der Waals surface area contributed by atoms with Crippen LogP contribution >= 0.6 is 0 Å². The second kappa shape index (κ2) is 11.2. The zero-order valence-corrected chi connectivity index (χ0v) is 23.9. The number of hydrogen-bond acceptors (Lipinski definition) is 5. The van der Waals surface area contributed by atoms with Crippen LogP contribution in [0.4, 0.5) is 5.69 Å². The van der Waals surface area contributed by atoms with Crippen molar-refractivity contribution in [1.82, 2.24) is 0 Å². The minimum Gasteiger partial charge on any atom is -0.493 e. The molecule has 1 aliphatic carbocycles. The number of nitrogens with two attached hydrogens (primary N) is 1. The Morgan fingerprint density at radius 3 is 2.30 bits per heavy atom. The fourth-order valence-corrected chi connectivity index (χ4v) is 6.55. The molecule has 2 aliphatic rings. The number of methoxy groups -OCH3 is 1. The third-order valence-electron chi connectivity index (χ3n) is 8.55. The lowest BCUT2D eigenvalue weighted by Crippen LogP contribution is -2.31. The van der Waals surface area contributed by atoms with Gasteiger partial charge in [-0.25, -0.2) is 0 Å². The van der Waals surface area contributed by atoms with Crippen LogP contribution in [0.25, 0.3) is 0 Å². The monoisotopic (exact) mass is 567 g/mol. The second-order valence-electron chi connectivity index (χ2n) is 11.1. The molecular formula is C37H33N3O3. The van der Waals surface area contributed by atoms with E-state index in [1.807, 2.05) is 78.9 Å². The molecule has 3 atom stereocenters. The van der Waals surface area contributed by atoms with Gasteiger partial charge in [-0.1, -0.05) is 72.8 Å². The fourth-order valence-electron chi connectivity index (χ4n) is 6.55. The van der Waals surface area contributed by atoms with E-state index in [4.69, 9.17) is 25.4 Å². The highest BCUT2D eigenvalue weighted by atomic mass is 16.5. The minimum absolute atomic E-state index is 0.0714. The standard InChI is InChI=1S/C37H33N3O3/c1-41-33-20-29(32(43-26-13-6-3-7-14-26)21-34(33)42-22-23-10-4-2-5-11-23)36-30-18-24-12-8-9-15-27(24)35(30)28-19-25(37(38)39)16-17-31(28)40-36/h2-17,19-21,30,35-36,40H,18,22H2,1H3,(H3,38,39)/t30-,35-,36?/m1/s1. The summed E-state index contributed by atoms with van der Waals surface area (Å²) in [7, 11) is 1.67. The molecule has 5 aromatic carbocycles. The second-order valence-corrected chi connectivity index (χ2v) is 11.1. The highest BCUT2D eigenvalue weighted by molar-refractivity contribution is 5.95. The summed E-state index contributed by atoms with van der Waals surface area (Å²) in [4.78, 5) is 0. The summed E-state index contributed by atoms with van der Waals surface area (Å²) >= 11 is 0. The molecule has 0 spiro atoms. The van der Waals surface area contributed by atoms with E-state index in [1.54, 1.807) is 7.11 Å². The van der Waals surface area contributed by atoms with Gasteiger partial charge in [0.2, 0.25) is 0 Å². The van der Waals surface area contributed by atoms with Crippen LogP contribution in [-0.4, -0.2) is 12.9 Å². The van der Waals surface area contributed by atoms with Gasteiger partial charge < -0.3 is 25.3 Å². The van der Waals surface area contributed by atoms with Crippen molar-refractivity contribution in [1.29, 1.82) is 5.41 Å². The van der Waals surface area contributed by atoms with Crippen LogP contribution in [0, 0.1) is 11.3 Å². The largest absolute Gasteiger partial charge is 0.493 e. The van der Waals surface area contributed by atoms with E-state index < -0.39 is 0 Å². The third kappa shape index (κ3) is 5.06. The van der Waals surface area contributed by atoms with E-state index in [0.29, 0.717) is 23.9 Å². The molecule has 0 aromatic heterocycles. The first-order valence-corrected chi connectivity index (χ1v) is 14.5. The fraction of sp³-hybridized carbons (Fsp3) is 0.162. The Morgan fingerprint density at radius 1 is 0.791 bits per heavy atom. The average molecular weight is 568 g/mol. The van der Waals surface area contributed by atoms with Gasteiger partial charge in [0, 0.05) is 28.8 Å². The molecule has 0 saturated heterocycles. The summed E-state index contributed by atoms with van der Waals surface area (Å²) in [5, 5.41) is 11.9. The van der Waals surface area contributed by atoms with Crippen molar-refractivity contribution in [2.45, 2.75) is 25.0 Å². The zero-order chi connectivity index (χ0) is 29.3. The summed E-state index contributed by atoms with van der Waals surface area (Å²) in [5.74, 6) is 3.14. The van der Waals surface area contributed by atoms with E-state index >= 15 is 0 Å². The van der Waals surface area contributed by atoms with E-state index in [1.165, 1.54) is 16.7 Å². The Labute approximate surface area is 251 Å². The number of fused-ring (bicyclic) bond motifs is 5. The molecule has 0 bridgehead atoms. The van der Waals surface area contributed by atoms with Gasteiger partial charge in [0.1, 0.15) is 23.9 Å². The highest BCUT2D eigenvalue weighted by Gasteiger charge is 2.44. The summed E-state index contributed by atoms with van der Waals surface area (Å²) in [6.07, 6.45) is 0.904. The number of hydrogen-bond donors (Lipinski definition) is 3. The predicted octanol–water partition coefficient (Wildman–Crippen LogP) is 7.82. The first-order chi connectivity index (χ1) is 21.1. The molecule has 1 unspecified atom stereocenters. The summed E-state index contributed by atoms with van der Waals surface area (Å²) in [6.45, 7) is 0.412. The van der Waals surface area contributed by atoms with Gasteiger partial charge in [0.25, 0.3) is 0 Å². The molecular weight excluding hydrogens is 534 g/mol. The first-order valence-electron chi connectivity index (χ1n) is 14.5. The van der Waals surface area contributed by atoms with Crippen LogP contribution in [-0.2, 0) is 13.0 Å². The Bertz CT molecular complexity index is 1790. The smallest absolute Gasteiger partial charge is 0.165 e. The van der Waals surface area contributed by atoms with Crippen LogP contribution in [0.15, 0.2) is 115 Å². The molecule has 4 N–H and O–H groups in total. The van der Waals surface area contributed by atoms with Gasteiger partial charge in [-0.15, -0.1) is 0 Å². The SMILES string of the molecule is COc1cc(C2Nc3ccc(C(=N)N)cc3[C@H]3c4ccccc4C[C@@H]23)c(Oc2ccccc2)cc1OCc1ccccc1. The maximum atomic E-state index is 8.06. The van der Waals surface area contributed by atoms with Crippen molar-refractivity contribution in [2.75, 3.05) is 12.4 Å². The van der Waals surface area contributed by atoms with E-state index in [9.17, 15) is 0 Å². The molecule has 6 heteroatoms. The molecule has 43 heavy (non-hydrogen) atoms. The number of benzene rings is 5. The highest BCUT2D eigenvalue weighted by Crippen LogP contribution is 2.56. The molecule has 5 aromatic rings. The third-order valence-corrected chi connectivity index (χ3v) is 8.55. The van der Waals surface area contributed by atoms with Crippen LogP contribution in [0.5, 0.6) is 23.0 Å². The van der Waals surface area contributed by atoms with Crippen molar-refractivity contribution in [3.05, 3.63) is 149 Å². The normalized spacial score (nSPS) is 18.0. The van der Waals surface area contributed by atoms with Gasteiger partial charge in [0.05, 0.1) is 13.2 Å². The number of anilines is 1. The Balaban J connectivity index is 1.34.